The molecule has 0 saturated carbocycles. The number of carbonyl (C=O) groups excluding carboxylic acids is 1. The van der Waals surface area contributed by atoms with Crippen LogP contribution in [0.5, 0.6) is 0 Å². The van der Waals surface area contributed by atoms with Gasteiger partial charge in [0.1, 0.15) is 11.3 Å². The van der Waals surface area contributed by atoms with E-state index in [9.17, 15) is 4.79 Å². The molecule has 6 nitrogen and oxygen atoms in total. The second-order valence-corrected chi connectivity index (χ2v) is 8.79. The summed E-state index contributed by atoms with van der Waals surface area (Å²) in [7, 11) is 0. The summed E-state index contributed by atoms with van der Waals surface area (Å²) in [5.41, 5.74) is 8.41. The highest BCUT2D eigenvalue weighted by Crippen LogP contribution is 2.31. The molecule has 4 aromatic rings. The number of amides is 1. The SMILES string of the molecule is Cc1cc(-c2nc(Cl)nc3[nH]ccc23)ccc1CN1CCn2c(cc3c2CCC3)C1=O. The summed E-state index contributed by atoms with van der Waals surface area (Å²) in [6.45, 7) is 4.34. The van der Waals surface area contributed by atoms with Crippen LogP contribution in [0, 0.1) is 6.92 Å². The Kier molecular flexibility index (Phi) is 4.18. The molecular weight excluding hydrogens is 410 g/mol. The van der Waals surface area contributed by atoms with Crippen LogP contribution in [0.4, 0.5) is 0 Å². The minimum Gasteiger partial charge on any atom is -0.346 e. The number of fused-ring (bicyclic) bond motifs is 4. The van der Waals surface area contributed by atoms with Crippen molar-refractivity contribution in [2.24, 2.45) is 0 Å². The van der Waals surface area contributed by atoms with Crippen LogP contribution >= 0.6 is 11.6 Å². The van der Waals surface area contributed by atoms with Gasteiger partial charge in [0.15, 0.2) is 0 Å². The van der Waals surface area contributed by atoms with Gasteiger partial charge in [0.25, 0.3) is 5.91 Å². The number of carbonyl (C=O) groups is 1. The van der Waals surface area contributed by atoms with Crippen molar-refractivity contribution in [2.45, 2.75) is 39.3 Å². The van der Waals surface area contributed by atoms with Gasteiger partial charge in [-0.1, -0.05) is 12.1 Å². The van der Waals surface area contributed by atoms with Gasteiger partial charge in [-0.25, -0.2) is 4.98 Å². The number of H-pyrrole nitrogens is 1. The number of aromatic amines is 1. The highest BCUT2D eigenvalue weighted by molar-refractivity contribution is 6.28. The van der Waals surface area contributed by atoms with Crippen molar-refractivity contribution in [3.8, 4) is 11.3 Å². The van der Waals surface area contributed by atoms with Crippen molar-refractivity contribution >= 4 is 28.5 Å². The Labute approximate surface area is 184 Å². The van der Waals surface area contributed by atoms with Crippen molar-refractivity contribution in [3.05, 3.63) is 69.9 Å². The van der Waals surface area contributed by atoms with Crippen LogP contribution in [-0.4, -0.2) is 36.9 Å². The predicted octanol–water partition coefficient (Wildman–Crippen LogP) is 4.53. The fourth-order valence-electron chi connectivity index (χ4n) is 5.03. The Morgan fingerprint density at radius 1 is 1.13 bits per heavy atom. The van der Waals surface area contributed by atoms with E-state index in [2.05, 4.69) is 50.7 Å². The average molecular weight is 432 g/mol. The zero-order valence-electron chi connectivity index (χ0n) is 17.3. The molecular formula is C24H22ClN5O. The third-order valence-corrected chi connectivity index (χ3v) is 6.79. The predicted molar refractivity (Wildman–Crippen MR) is 120 cm³/mol. The minimum atomic E-state index is 0.140. The third kappa shape index (κ3) is 2.97. The van der Waals surface area contributed by atoms with Gasteiger partial charge >= 0.3 is 0 Å². The van der Waals surface area contributed by atoms with Gasteiger partial charge < -0.3 is 14.5 Å². The highest BCUT2D eigenvalue weighted by Gasteiger charge is 2.30. The molecule has 1 amide bonds. The number of aryl methyl sites for hydroxylation is 2. The van der Waals surface area contributed by atoms with Crippen LogP contribution in [0.25, 0.3) is 22.3 Å². The average Bonchev–Trinajstić information content (AvgIpc) is 3.47. The molecule has 156 valence electrons. The van der Waals surface area contributed by atoms with Crippen LogP contribution < -0.4 is 0 Å². The number of aromatic nitrogens is 4. The molecule has 7 heteroatoms. The van der Waals surface area contributed by atoms with E-state index in [1.165, 1.54) is 17.7 Å². The lowest BCUT2D eigenvalue weighted by Crippen LogP contribution is -2.40. The molecule has 0 saturated heterocycles. The Balaban J connectivity index is 1.29. The summed E-state index contributed by atoms with van der Waals surface area (Å²) in [4.78, 5) is 26.9. The van der Waals surface area contributed by atoms with E-state index in [-0.39, 0.29) is 11.2 Å². The number of nitrogens with zero attached hydrogens (tertiary/aromatic N) is 4. The van der Waals surface area contributed by atoms with Gasteiger partial charge in [-0.2, -0.15) is 4.98 Å². The molecule has 0 spiro atoms. The van der Waals surface area contributed by atoms with Gasteiger partial charge in [-0.15, -0.1) is 0 Å². The topological polar surface area (TPSA) is 66.8 Å². The zero-order chi connectivity index (χ0) is 21.1. The van der Waals surface area contributed by atoms with Crippen molar-refractivity contribution < 1.29 is 4.79 Å². The molecule has 1 aliphatic carbocycles. The quantitative estimate of drug-likeness (QED) is 0.484. The van der Waals surface area contributed by atoms with E-state index in [0.717, 1.165) is 65.0 Å². The lowest BCUT2D eigenvalue weighted by molar-refractivity contribution is 0.0689. The Morgan fingerprint density at radius 3 is 2.90 bits per heavy atom. The maximum absolute atomic E-state index is 13.2. The second kappa shape index (κ2) is 6.95. The molecule has 1 aromatic carbocycles. The van der Waals surface area contributed by atoms with Crippen LogP contribution in [0.3, 0.4) is 0 Å². The number of rotatable bonds is 3. The van der Waals surface area contributed by atoms with E-state index >= 15 is 0 Å². The fourth-order valence-corrected chi connectivity index (χ4v) is 5.20. The molecule has 6 rings (SSSR count). The van der Waals surface area contributed by atoms with Crippen molar-refractivity contribution in [1.82, 2.24) is 24.4 Å². The van der Waals surface area contributed by atoms with Gasteiger partial charge in [-0.3, -0.25) is 4.79 Å². The van der Waals surface area contributed by atoms with Crippen LogP contribution in [0.15, 0.2) is 36.5 Å². The van der Waals surface area contributed by atoms with E-state index in [1.54, 1.807) is 0 Å². The molecule has 1 N–H and O–H groups in total. The Bertz CT molecular complexity index is 1350. The van der Waals surface area contributed by atoms with Crippen LogP contribution in [0.2, 0.25) is 5.28 Å². The molecule has 3 aromatic heterocycles. The van der Waals surface area contributed by atoms with Gasteiger partial charge in [0.05, 0.1) is 5.69 Å². The monoisotopic (exact) mass is 431 g/mol. The Morgan fingerprint density at radius 2 is 2.03 bits per heavy atom. The van der Waals surface area contributed by atoms with Gasteiger partial charge in [0.2, 0.25) is 5.28 Å². The summed E-state index contributed by atoms with van der Waals surface area (Å²) < 4.78 is 2.25. The van der Waals surface area contributed by atoms with Crippen LogP contribution in [-0.2, 0) is 25.9 Å². The standard InChI is InChI=1S/C24H22ClN5O/c1-14-11-16(21-18-7-8-26-22(18)28-24(25)27-21)5-6-17(14)13-29-9-10-30-19-4-2-3-15(19)12-20(30)23(29)31/h5-8,11-12H,2-4,9-10,13H2,1H3,(H,26,27,28). The maximum Gasteiger partial charge on any atom is 0.270 e. The number of nitrogens with one attached hydrogen (secondary N) is 1. The van der Waals surface area contributed by atoms with Crippen molar-refractivity contribution in [1.29, 1.82) is 0 Å². The molecule has 1 aliphatic heterocycles. The number of hydrogen-bond acceptors (Lipinski definition) is 3. The largest absolute Gasteiger partial charge is 0.346 e. The van der Waals surface area contributed by atoms with Gasteiger partial charge in [-0.05, 0) is 72.7 Å². The molecule has 0 unspecified atom stereocenters. The van der Waals surface area contributed by atoms with Crippen molar-refractivity contribution in [2.75, 3.05) is 6.54 Å². The highest BCUT2D eigenvalue weighted by atomic mass is 35.5. The normalized spacial score (nSPS) is 15.5. The molecule has 4 heterocycles. The molecule has 2 aliphatic rings. The summed E-state index contributed by atoms with van der Waals surface area (Å²) in [6, 6.07) is 10.3. The van der Waals surface area contributed by atoms with E-state index in [1.807, 2.05) is 17.2 Å². The fraction of sp³-hybridized carbons (Fsp3) is 0.292. The molecule has 0 bridgehead atoms. The van der Waals surface area contributed by atoms with Crippen molar-refractivity contribution in [3.63, 3.8) is 0 Å². The Hall–Kier alpha value is -3.12. The molecule has 0 fully saturated rings. The van der Waals surface area contributed by atoms with Gasteiger partial charge in [0, 0.05) is 42.5 Å². The first-order valence-corrected chi connectivity index (χ1v) is 11.1. The molecule has 31 heavy (non-hydrogen) atoms. The summed E-state index contributed by atoms with van der Waals surface area (Å²) in [5.74, 6) is 0.140. The second-order valence-electron chi connectivity index (χ2n) is 8.46. The third-order valence-electron chi connectivity index (χ3n) is 6.62. The molecule has 0 atom stereocenters. The first kappa shape index (κ1) is 18.6. The van der Waals surface area contributed by atoms with E-state index in [4.69, 9.17) is 11.6 Å². The zero-order valence-corrected chi connectivity index (χ0v) is 18.0. The van der Waals surface area contributed by atoms with E-state index < -0.39 is 0 Å². The minimum absolute atomic E-state index is 0.140. The summed E-state index contributed by atoms with van der Waals surface area (Å²) in [6.07, 6.45) is 5.25. The smallest absolute Gasteiger partial charge is 0.270 e. The molecule has 0 radical (unpaired) electrons. The first-order valence-electron chi connectivity index (χ1n) is 10.7. The van der Waals surface area contributed by atoms with Crippen LogP contribution in [0.1, 0.15) is 39.3 Å². The lowest BCUT2D eigenvalue weighted by atomic mass is 10.0. The number of benzene rings is 1. The first-order chi connectivity index (χ1) is 15.1. The lowest BCUT2D eigenvalue weighted by Gasteiger charge is -2.30. The number of halogens is 1. The summed E-state index contributed by atoms with van der Waals surface area (Å²) >= 11 is 6.13. The number of hydrogen-bond donors (Lipinski definition) is 1. The summed E-state index contributed by atoms with van der Waals surface area (Å²) in [5, 5.41) is 1.16. The maximum atomic E-state index is 13.2. The van der Waals surface area contributed by atoms with E-state index in [0.29, 0.717) is 6.54 Å².